The fourth-order valence-electron chi connectivity index (χ4n) is 3.47. The first-order valence-electron chi connectivity index (χ1n) is 9.54. The molecule has 0 spiro atoms. The average Bonchev–Trinajstić information content (AvgIpc) is 3.08. The lowest BCUT2D eigenvalue weighted by molar-refractivity contribution is -0.147. The highest BCUT2D eigenvalue weighted by Gasteiger charge is 2.22. The van der Waals surface area contributed by atoms with Gasteiger partial charge in [0.05, 0.1) is 12.1 Å². The van der Waals surface area contributed by atoms with Gasteiger partial charge in [-0.1, -0.05) is 28.9 Å². The molecule has 30 heavy (non-hydrogen) atoms. The molecule has 2 aromatic heterocycles. The van der Waals surface area contributed by atoms with Gasteiger partial charge in [-0.3, -0.25) is 14.3 Å². The van der Waals surface area contributed by atoms with Crippen molar-refractivity contribution in [1.29, 1.82) is 0 Å². The third kappa shape index (κ3) is 4.04. The number of anilines is 1. The largest absolute Gasteiger partial charge is 0.457 e. The number of benzene rings is 1. The number of fused-ring (bicyclic) bond motifs is 1. The number of rotatable bonds is 5. The maximum absolute atomic E-state index is 12.6. The molecule has 1 aromatic carbocycles. The highest BCUT2D eigenvalue weighted by molar-refractivity contribution is 6.30. The van der Waals surface area contributed by atoms with Crippen LogP contribution in [0.15, 0.2) is 36.5 Å². The summed E-state index contributed by atoms with van der Waals surface area (Å²) in [6, 6.07) is 9.21. The molecular weight excluding hydrogens is 406 g/mol. The smallest absolute Gasteiger partial charge is 0.312 e. The Balaban J connectivity index is 1.54. The van der Waals surface area contributed by atoms with E-state index in [0.717, 1.165) is 16.8 Å². The molecule has 154 valence electrons. The van der Waals surface area contributed by atoms with Gasteiger partial charge in [-0.05, 0) is 37.1 Å². The van der Waals surface area contributed by atoms with Gasteiger partial charge in [-0.25, -0.2) is 4.98 Å². The maximum atomic E-state index is 12.6. The monoisotopic (exact) mass is 425 g/mol. The summed E-state index contributed by atoms with van der Waals surface area (Å²) in [5.41, 5.74) is 4.58. The van der Waals surface area contributed by atoms with Crippen LogP contribution in [0.1, 0.15) is 36.3 Å². The molecule has 8 nitrogen and oxygen atoms in total. The van der Waals surface area contributed by atoms with Crippen LogP contribution in [0.25, 0.3) is 11.3 Å². The molecule has 0 unspecified atom stereocenters. The van der Waals surface area contributed by atoms with Crippen LogP contribution in [0.3, 0.4) is 0 Å². The summed E-state index contributed by atoms with van der Waals surface area (Å²) in [6.07, 6.45) is 2.17. The van der Waals surface area contributed by atoms with E-state index in [0.29, 0.717) is 34.9 Å². The summed E-state index contributed by atoms with van der Waals surface area (Å²) < 4.78 is 7.13. The summed E-state index contributed by atoms with van der Waals surface area (Å²) in [7, 11) is 1.74. The minimum atomic E-state index is -0.532. The summed E-state index contributed by atoms with van der Waals surface area (Å²) in [5, 5.41) is 11.5. The molecule has 3 aromatic rings. The van der Waals surface area contributed by atoms with Gasteiger partial charge in [0, 0.05) is 36.5 Å². The predicted octanol–water partition coefficient (Wildman–Crippen LogP) is 3.26. The number of hydrogen-bond acceptors (Lipinski definition) is 6. The molecule has 0 saturated heterocycles. The van der Waals surface area contributed by atoms with Gasteiger partial charge in [0.2, 0.25) is 5.91 Å². The number of carbonyl (C=O) groups excluding carboxylic acids is 2. The Hall–Kier alpha value is -3.26. The van der Waals surface area contributed by atoms with Crippen molar-refractivity contribution in [3.05, 3.63) is 58.5 Å². The van der Waals surface area contributed by atoms with Gasteiger partial charge in [-0.15, -0.1) is 5.10 Å². The minimum absolute atomic E-state index is 0.00880. The van der Waals surface area contributed by atoms with Gasteiger partial charge in [0.15, 0.2) is 0 Å². The van der Waals surface area contributed by atoms with Crippen LogP contribution >= 0.6 is 11.6 Å². The number of hydrogen-bond donors (Lipinski definition) is 1. The van der Waals surface area contributed by atoms with Crippen LogP contribution in [0.5, 0.6) is 0 Å². The second-order valence-corrected chi connectivity index (χ2v) is 7.48. The molecular formula is C21H20ClN5O3. The van der Waals surface area contributed by atoms with E-state index in [1.54, 1.807) is 37.0 Å². The summed E-state index contributed by atoms with van der Waals surface area (Å²) in [5.74, 6) is -0.402. The number of esters is 1. The molecule has 0 fully saturated rings. The second-order valence-electron chi connectivity index (χ2n) is 7.12. The molecule has 1 N–H and O–H groups in total. The Morgan fingerprint density at radius 2 is 2.17 bits per heavy atom. The lowest BCUT2D eigenvalue weighted by atomic mass is 9.98. The Labute approximate surface area is 178 Å². The molecule has 0 radical (unpaired) electrons. The van der Waals surface area contributed by atoms with Crippen LogP contribution in [-0.2, 0) is 34.2 Å². The number of aryl methyl sites for hydroxylation is 2. The fraction of sp³-hybridized carbons (Fsp3) is 0.286. The number of nitrogens with zero attached hydrogens (tertiary/aromatic N) is 4. The lowest BCUT2D eigenvalue weighted by Crippen LogP contribution is -2.18. The number of carbonyl (C=O) groups is 2. The van der Waals surface area contributed by atoms with Gasteiger partial charge < -0.3 is 10.1 Å². The summed E-state index contributed by atoms with van der Waals surface area (Å²) in [6.45, 7) is 1.75. The zero-order valence-corrected chi connectivity index (χ0v) is 17.3. The van der Waals surface area contributed by atoms with E-state index in [1.807, 2.05) is 18.2 Å². The Bertz CT molecular complexity index is 1130. The molecule has 3 heterocycles. The maximum Gasteiger partial charge on any atom is 0.312 e. The van der Waals surface area contributed by atoms with Crippen LogP contribution in [0.4, 0.5) is 5.69 Å². The Morgan fingerprint density at radius 3 is 2.97 bits per heavy atom. The molecule has 0 saturated carbocycles. The molecule has 1 amide bonds. The summed E-state index contributed by atoms with van der Waals surface area (Å²) >= 11 is 6.09. The van der Waals surface area contributed by atoms with E-state index in [9.17, 15) is 9.59 Å². The van der Waals surface area contributed by atoms with Crippen LogP contribution in [-0.4, -0.2) is 31.9 Å². The number of halogens is 1. The van der Waals surface area contributed by atoms with E-state index < -0.39 is 12.1 Å². The molecule has 0 aliphatic carbocycles. The molecule has 0 bridgehead atoms. The Morgan fingerprint density at radius 1 is 1.33 bits per heavy atom. The van der Waals surface area contributed by atoms with E-state index in [-0.39, 0.29) is 12.3 Å². The third-order valence-corrected chi connectivity index (χ3v) is 5.38. The van der Waals surface area contributed by atoms with Crippen LogP contribution in [0.2, 0.25) is 5.15 Å². The molecule has 1 atom stereocenters. The first-order valence-corrected chi connectivity index (χ1v) is 9.91. The van der Waals surface area contributed by atoms with Crippen molar-refractivity contribution in [2.75, 3.05) is 5.32 Å². The van der Waals surface area contributed by atoms with Crippen molar-refractivity contribution < 1.29 is 14.3 Å². The zero-order valence-electron chi connectivity index (χ0n) is 16.6. The molecule has 9 heteroatoms. The fourth-order valence-corrected chi connectivity index (χ4v) is 3.74. The lowest BCUT2D eigenvalue weighted by Gasteiger charge is -2.17. The van der Waals surface area contributed by atoms with Crippen molar-refractivity contribution in [3.63, 3.8) is 0 Å². The first kappa shape index (κ1) is 20.0. The van der Waals surface area contributed by atoms with E-state index >= 15 is 0 Å². The van der Waals surface area contributed by atoms with Gasteiger partial charge >= 0.3 is 5.97 Å². The van der Waals surface area contributed by atoms with Crippen LogP contribution < -0.4 is 5.32 Å². The number of aromatic nitrogens is 4. The zero-order chi connectivity index (χ0) is 21.3. The highest BCUT2D eigenvalue weighted by Crippen LogP contribution is 2.30. The number of ether oxygens (including phenoxy) is 1. The number of amides is 1. The first-order chi connectivity index (χ1) is 14.4. The van der Waals surface area contributed by atoms with Gasteiger partial charge in [-0.2, -0.15) is 0 Å². The van der Waals surface area contributed by atoms with Crippen LogP contribution in [0, 0.1) is 0 Å². The quantitative estimate of drug-likeness (QED) is 0.497. The number of nitrogens with one attached hydrogen (secondary N) is 1. The van der Waals surface area contributed by atoms with Gasteiger partial charge in [0.1, 0.15) is 17.0 Å². The molecule has 4 rings (SSSR count). The van der Waals surface area contributed by atoms with E-state index in [2.05, 4.69) is 20.6 Å². The van der Waals surface area contributed by atoms with Crippen molar-refractivity contribution >= 4 is 29.2 Å². The Kier molecular flexibility index (Phi) is 5.50. The minimum Gasteiger partial charge on any atom is -0.457 e. The number of pyridine rings is 1. The second kappa shape index (κ2) is 8.23. The topological polar surface area (TPSA) is 99.0 Å². The van der Waals surface area contributed by atoms with Crippen molar-refractivity contribution in [2.24, 2.45) is 7.05 Å². The van der Waals surface area contributed by atoms with Gasteiger partial charge in [0.25, 0.3) is 0 Å². The normalized spacial score (nSPS) is 14.0. The third-order valence-electron chi connectivity index (χ3n) is 5.06. The molecule has 1 aliphatic rings. The highest BCUT2D eigenvalue weighted by atomic mass is 35.5. The average molecular weight is 426 g/mol. The van der Waals surface area contributed by atoms with Crippen molar-refractivity contribution in [1.82, 2.24) is 20.0 Å². The predicted molar refractivity (Wildman–Crippen MR) is 111 cm³/mol. The van der Waals surface area contributed by atoms with E-state index in [1.165, 1.54) is 0 Å². The SMILES string of the molecule is C[C@@H](OC(=O)Cc1c(-c2ccc3c(c2)CCC(=O)N3)nnn1C)c1cccnc1Cl. The van der Waals surface area contributed by atoms with E-state index in [4.69, 9.17) is 16.3 Å². The summed E-state index contributed by atoms with van der Waals surface area (Å²) in [4.78, 5) is 28.2. The van der Waals surface area contributed by atoms with Crippen molar-refractivity contribution in [3.8, 4) is 11.3 Å². The standard InChI is InChI=1S/C21H20ClN5O3/c1-12(15-4-3-9-23-21(15)22)30-19(29)11-17-20(25-26-27(17)2)14-5-7-16-13(10-14)6-8-18(28)24-16/h3-5,7,9-10,12H,6,8,11H2,1-2H3,(H,24,28)/t12-/m1/s1. The van der Waals surface area contributed by atoms with Crippen molar-refractivity contribution in [2.45, 2.75) is 32.3 Å². The molecule has 1 aliphatic heterocycles.